The lowest BCUT2D eigenvalue weighted by atomic mass is 10.3. The van der Waals surface area contributed by atoms with Crippen LogP contribution >= 0.6 is 11.3 Å². The minimum absolute atomic E-state index is 0.986. The third kappa shape index (κ3) is 1.01. The van der Waals surface area contributed by atoms with Gasteiger partial charge in [0, 0.05) is 0 Å². The van der Waals surface area contributed by atoms with Gasteiger partial charge in [-0.25, -0.2) is 9.97 Å². The summed E-state index contributed by atoms with van der Waals surface area (Å²) in [5.74, 6) is 0. The topological polar surface area (TPSA) is 25.8 Å². The highest BCUT2D eigenvalue weighted by Gasteiger charge is 2.00. The van der Waals surface area contributed by atoms with Crippen molar-refractivity contribution in [1.82, 2.24) is 9.97 Å². The number of nitrogens with zero attached hydrogens (tertiary/aromatic N) is 2. The molecule has 0 aliphatic heterocycles. The van der Waals surface area contributed by atoms with Gasteiger partial charge in [0.2, 0.25) is 0 Å². The van der Waals surface area contributed by atoms with Crippen molar-refractivity contribution in [2.45, 2.75) is 13.3 Å². The van der Waals surface area contributed by atoms with E-state index in [0.29, 0.717) is 0 Å². The van der Waals surface area contributed by atoms with Crippen LogP contribution in [0.25, 0.3) is 10.2 Å². The first-order valence-electron chi connectivity index (χ1n) is 3.59. The lowest BCUT2D eigenvalue weighted by molar-refractivity contribution is 1.04. The molecule has 0 spiro atoms. The van der Waals surface area contributed by atoms with E-state index < -0.39 is 0 Å². The molecule has 2 heterocycles. The Hall–Kier alpha value is -0.960. The number of aromatic nitrogens is 2. The largest absolute Gasteiger partial charge is 0.240 e. The number of hydrogen-bond acceptors (Lipinski definition) is 3. The van der Waals surface area contributed by atoms with Crippen LogP contribution in [0.3, 0.4) is 0 Å². The second-order valence-electron chi connectivity index (χ2n) is 2.31. The zero-order valence-corrected chi connectivity index (χ0v) is 7.06. The van der Waals surface area contributed by atoms with E-state index in [1.165, 1.54) is 4.70 Å². The first kappa shape index (κ1) is 6.73. The summed E-state index contributed by atoms with van der Waals surface area (Å²) in [6, 6.07) is 2.03. The van der Waals surface area contributed by atoms with Gasteiger partial charge in [0.1, 0.15) is 6.33 Å². The SMILES string of the molecule is CCc1ncnc2ccsc12. The molecule has 0 aromatic carbocycles. The summed E-state index contributed by atoms with van der Waals surface area (Å²) < 4.78 is 1.23. The Morgan fingerprint density at radius 3 is 3.18 bits per heavy atom. The number of rotatable bonds is 1. The number of aryl methyl sites for hydroxylation is 1. The van der Waals surface area contributed by atoms with Gasteiger partial charge < -0.3 is 0 Å². The van der Waals surface area contributed by atoms with Crippen LogP contribution < -0.4 is 0 Å². The van der Waals surface area contributed by atoms with E-state index in [1.807, 2.05) is 6.07 Å². The number of hydrogen-bond donors (Lipinski definition) is 0. The molecule has 0 atom stereocenters. The van der Waals surface area contributed by atoms with Crippen LogP contribution in [0, 0.1) is 0 Å². The van der Waals surface area contributed by atoms with Crippen LogP contribution in [0.4, 0.5) is 0 Å². The maximum atomic E-state index is 4.20. The highest BCUT2D eigenvalue weighted by molar-refractivity contribution is 7.17. The van der Waals surface area contributed by atoms with Crippen molar-refractivity contribution >= 4 is 21.6 Å². The maximum absolute atomic E-state index is 4.20. The monoisotopic (exact) mass is 164 g/mol. The molecule has 56 valence electrons. The van der Waals surface area contributed by atoms with Crippen LogP contribution in [0.15, 0.2) is 17.8 Å². The lowest BCUT2D eigenvalue weighted by Crippen LogP contribution is -1.86. The summed E-state index contributed by atoms with van der Waals surface area (Å²) in [7, 11) is 0. The first-order valence-corrected chi connectivity index (χ1v) is 4.47. The average molecular weight is 164 g/mol. The summed E-state index contributed by atoms with van der Waals surface area (Å²) in [5, 5.41) is 2.05. The standard InChI is InChI=1S/C8H8N2S/c1-2-6-8-7(3-4-11-8)10-5-9-6/h3-5H,2H2,1H3. The molecule has 0 saturated heterocycles. The molecule has 2 rings (SSSR count). The minimum atomic E-state index is 0.986. The molecule has 0 amide bonds. The van der Waals surface area contributed by atoms with Gasteiger partial charge in [-0.1, -0.05) is 6.92 Å². The van der Waals surface area contributed by atoms with Gasteiger partial charge in [-0.05, 0) is 17.9 Å². The van der Waals surface area contributed by atoms with Crippen LogP contribution in [0.5, 0.6) is 0 Å². The van der Waals surface area contributed by atoms with Crippen molar-refractivity contribution in [2.24, 2.45) is 0 Å². The van der Waals surface area contributed by atoms with Crippen LogP contribution in [-0.2, 0) is 6.42 Å². The second-order valence-corrected chi connectivity index (χ2v) is 3.22. The predicted octanol–water partition coefficient (Wildman–Crippen LogP) is 2.25. The smallest absolute Gasteiger partial charge is 0.116 e. The Labute approximate surface area is 68.9 Å². The fourth-order valence-electron chi connectivity index (χ4n) is 1.09. The fraction of sp³-hybridized carbons (Fsp3) is 0.250. The van der Waals surface area contributed by atoms with E-state index in [9.17, 15) is 0 Å². The summed E-state index contributed by atoms with van der Waals surface area (Å²) in [6.45, 7) is 2.11. The zero-order valence-electron chi connectivity index (χ0n) is 6.24. The van der Waals surface area contributed by atoms with Gasteiger partial charge in [-0.3, -0.25) is 0 Å². The molecule has 11 heavy (non-hydrogen) atoms. The minimum Gasteiger partial charge on any atom is -0.240 e. The zero-order chi connectivity index (χ0) is 7.68. The molecule has 0 unspecified atom stereocenters. The van der Waals surface area contributed by atoms with Gasteiger partial charge in [-0.15, -0.1) is 11.3 Å². The Morgan fingerprint density at radius 2 is 2.36 bits per heavy atom. The van der Waals surface area contributed by atoms with Crippen molar-refractivity contribution in [3.05, 3.63) is 23.5 Å². The Bertz CT molecular complexity index is 367. The van der Waals surface area contributed by atoms with Crippen LogP contribution in [-0.4, -0.2) is 9.97 Å². The summed E-state index contributed by atoms with van der Waals surface area (Å²) in [5.41, 5.74) is 2.23. The normalized spacial score (nSPS) is 10.6. The number of thiophene rings is 1. The molecule has 0 bridgehead atoms. The van der Waals surface area contributed by atoms with E-state index >= 15 is 0 Å². The average Bonchev–Trinajstić information content (AvgIpc) is 2.50. The van der Waals surface area contributed by atoms with E-state index in [0.717, 1.165) is 17.6 Å². The van der Waals surface area contributed by atoms with Crippen molar-refractivity contribution in [3.8, 4) is 0 Å². The van der Waals surface area contributed by atoms with E-state index in [1.54, 1.807) is 17.7 Å². The molecule has 0 saturated carbocycles. The van der Waals surface area contributed by atoms with Crippen molar-refractivity contribution < 1.29 is 0 Å². The van der Waals surface area contributed by atoms with Crippen LogP contribution in [0.1, 0.15) is 12.6 Å². The Balaban J connectivity index is 2.79. The maximum Gasteiger partial charge on any atom is 0.116 e. The van der Waals surface area contributed by atoms with Crippen molar-refractivity contribution in [1.29, 1.82) is 0 Å². The molecule has 0 N–H and O–H groups in total. The quantitative estimate of drug-likeness (QED) is 0.646. The van der Waals surface area contributed by atoms with E-state index in [-0.39, 0.29) is 0 Å². The third-order valence-electron chi connectivity index (χ3n) is 1.65. The molecule has 0 fully saturated rings. The van der Waals surface area contributed by atoms with Gasteiger partial charge in [0.05, 0.1) is 15.9 Å². The van der Waals surface area contributed by atoms with E-state index in [2.05, 4.69) is 22.3 Å². The molecular weight excluding hydrogens is 156 g/mol. The third-order valence-corrected chi connectivity index (χ3v) is 2.60. The molecule has 2 aromatic rings. The summed E-state index contributed by atoms with van der Waals surface area (Å²) in [4.78, 5) is 8.35. The molecule has 2 nitrogen and oxygen atoms in total. The number of fused-ring (bicyclic) bond motifs is 1. The molecule has 2 aromatic heterocycles. The molecule has 3 heteroatoms. The van der Waals surface area contributed by atoms with Gasteiger partial charge >= 0.3 is 0 Å². The van der Waals surface area contributed by atoms with Gasteiger partial charge in [-0.2, -0.15) is 0 Å². The second kappa shape index (κ2) is 2.58. The van der Waals surface area contributed by atoms with Crippen LogP contribution in [0.2, 0.25) is 0 Å². The summed E-state index contributed by atoms with van der Waals surface area (Å²) in [6.07, 6.45) is 2.62. The van der Waals surface area contributed by atoms with E-state index in [4.69, 9.17) is 0 Å². The molecule has 0 aliphatic rings. The Morgan fingerprint density at radius 1 is 1.45 bits per heavy atom. The van der Waals surface area contributed by atoms with Gasteiger partial charge in [0.25, 0.3) is 0 Å². The molecule has 0 radical (unpaired) electrons. The Kier molecular flexibility index (Phi) is 1.58. The highest BCUT2D eigenvalue weighted by atomic mass is 32.1. The lowest BCUT2D eigenvalue weighted by Gasteiger charge is -1.94. The summed E-state index contributed by atoms with van der Waals surface area (Å²) >= 11 is 1.71. The highest BCUT2D eigenvalue weighted by Crippen LogP contribution is 2.20. The first-order chi connectivity index (χ1) is 5.42. The van der Waals surface area contributed by atoms with Gasteiger partial charge in [0.15, 0.2) is 0 Å². The van der Waals surface area contributed by atoms with Crippen molar-refractivity contribution in [2.75, 3.05) is 0 Å². The molecular formula is C8H8N2S. The fourth-order valence-corrected chi connectivity index (χ4v) is 2.00. The molecule has 0 aliphatic carbocycles. The predicted molar refractivity (Wildman–Crippen MR) is 46.8 cm³/mol. The van der Waals surface area contributed by atoms with Crippen molar-refractivity contribution in [3.63, 3.8) is 0 Å².